The molecule has 0 spiro atoms. The second-order valence-corrected chi connectivity index (χ2v) is 7.92. The van der Waals surface area contributed by atoms with Gasteiger partial charge in [-0.15, -0.1) is 0 Å². The largest absolute Gasteiger partial charge is 0.481 e. The molecule has 2 fully saturated rings. The number of carboxylic acids is 1. The number of fused-ring (bicyclic) bond motifs is 2. The van der Waals surface area contributed by atoms with E-state index in [9.17, 15) is 14.7 Å². The number of hydrogen-bond acceptors (Lipinski definition) is 3. The van der Waals surface area contributed by atoms with Crippen LogP contribution in [-0.4, -0.2) is 34.5 Å². The summed E-state index contributed by atoms with van der Waals surface area (Å²) in [6.07, 6.45) is 11.7. The van der Waals surface area contributed by atoms with Crippen molar-refractivity contribution in [3.63, 3.8) is 0 Å². The molecule has 2 unspecified atom stereocenters. The number of rotatable bonds is 5. The molecule has 3 aliphatic rings. The van der Waals surface area contributed by atoms with Crippen LogP contribution in [0.3, 0.4) is 0 Å². The van der Waals surface area contributed by atoms with E-state index in [0.717, 1.165) is 19.3 Å². The smallest absolute Gasteiger partial charge is 0.307 e. The topological polar surface area (TPSA) is 66.4 Å². The Morgan fingerprint density at radius 2 is 1.86 bits per heavy atom. The number of amides is 1. The van der Waals surface area contributed by atoms with Gasteiger partial charge in [0, 0.05) is 11.3 Å². The Kier molecular flexibility index (Phi) is 4.04. The highest BCUT2D eigenvalue weighted by Gasteiger charge is 2.51. The Morgan fingerprint density at radius 3 is 2.43 bits per heavy atom. The molecule has 0 radical (unpaired) electrons. The molecule has 0 aliphatic heterocycles. The molecular weight excluding hydrogens is 286 g/mol. The molecule has 4 atom stereocenters. The Labute approximate surface area is 129 Å². The molecule has 5 heteroatoms. The van der Waals surface area contributed by atoms with Gasteiger partial charge in [-0.2, -0.15) is 11.8 Å². The lowest BCUT2D eigenvalue weighted by Crippen LogP contribution is -2.45. The summed E-state index contributed by atoms with van der Waals surface area (Å²) in [6.45, 7) is 0.678. The molecule has 116 valence electrons. The van der Waals surface area contributed by atoms with Crippen LogP contribution in [0.2, 0.25) is 0 Å². The molecule has 2 saturated carbocycles. The number of carbonyl (C=O) groups excluding carboxylic acids is 1. The Balaban J connectivity index is 1.65. The van der Waals surface area contributed by atoms with Gasteiger partial charge < -0.3 is 10.4 Å². The second-order valence-electron chi connectivity index (χ2n) is 6.65. The summed E-state index contributed by atoms with van der Waals surface area (Å²) in [5.41, 5.74) is 0. The second kappa shape index (κ2) is 5.67. The zero-order valence-electron chi connectivity index (χ0n) is 12.4. The minimum absolute atomic E-state index is 0.0456. The van der Waals surface area contributed by atoms with Crippen molar-refractivity contribution in [1.29, 1.82) is 0 Å². The maximum Gasteiger partial charge on any atom is 0.307 e. The van der Waals surface area contributed by atoms with E-state index in [0.29, 0.717) is 6.54 Å². The van der Waals surface area contributed by atoms with Gasteiger partial charge in [0.15, 0.2) is 0 Å². The van der Waals surface area contributed by atoms with Crippen molar-refractivity contribution >= 4 is 23.6 Å². The van der Waals surface area contributed by atoms with Crippen LogP contribution >= 0.6 is 11.8 Å². The molecule has 4 nitrogen and oxygen atoms in total. The third kappa shape index (κ3) is 2.60. The highest BCUT2D eigenvalue weighted by molar-refractivity contribution is 8.00. The lowest BCUT2D eigenvalue weighted by atomic mass is 9.82. The number of hydrogen-bond donors (Lipinski definition) is 2. The first-order valence-electron chi connectivity index (χ1n) is 7.80. The van der Waals surface area contributed by atoms with Crippen LogP contribution in [0.1, 0.15) is 32.1 Å². The van der Waals surface area contributed by atoms with E-state index in [4.69, 9.17) is 0 Å². The van der Waals surface area contributed by atoms with Crippen LogP contribution < -0.4 is 5.32 Å². The van der Waals surface area contributed by atoms with Crippen molar-refractivity contribution < 1.29 is 14.7 Å². The van der Waals surface area contributed by atoms with Crippen LogP contribution in [0.25, 0.3) is 0 Å². The zero-order valence-corrected chi connectivity index (χ0v) is 13.2. The molecule has 0 aromatic carbocycles. The molecule has 1 amide bonds. The normalized spacial score (nSPS) is 36.0. The predicted octanol–water partition coefficient (Wildman–Crippen LogP) is 2.30. The van der Waals surface area contributed by atoms with E-state index in [1.165, 1.54) is 12.8 Å². The van der Waals surface area contributed by atoms with E-state index in [2.05, 4.69) is 11.6 Å². The third-order valence-corrected chi connectivity index (χ3v) is 7.00. The first-order chi connectivity index (χ1) is 10.1. The maximum atomic E-state index is 12.5. The summed E-state index contributed by atoms with van der Waals surface area (Å²) in [5.74, 6) is -1.63. The van der Waals surface area contributed by atoms with Gasteiger partial charge >= 0.3 is 5.97 Å². The fraction of sp³-hybridized carbons (Fsp3) is 0.750. The fourth-order valence-corrected chi connectivity index (χ4v) is 5.27. The summed E-state index contributed by atoms with van der Waals surface area (Å²) in [5, 5.41) is 12.5. The first kappa shape index (κ1) is 14.9. The van der Waals surface area contributed by atoms with E-state index < -0.39 is 11.9 Å². The molecule has 3 rings (SSSR count). The lowest BCUT2D eigenvalue weighted by Gasteiger charge is -2.29. The quantitative estimate of drug-likeness (QED) is 0.765. The summed E-state index contributed by atoms with van der Waals surface area (Å²) in [6, 6.07) is 0. The van der Waals surface area contributed by atoms with Crippen molar-refractivity contribution in [3.05, 3.63) is 12.2 Å². The van der Waals surface area contributed by atoms with Crippen molar-refractivity contribution in [3.8, 4) is 0 Å². The monoisotopic (exact) mass is 309 g/mol. The summed E-state index contributed by atoms with van der Waals surface area (Å²) in [7, 11) is 0. The van der Waals surface area contributed by atoms with Gasteiger partial charge in [0.25, 0.3) is 0 Å². The maximum absolute atomic E-state index is 12.5. The van der Waals surface area contributed by atoms with Crippen LogP contribution in [0.5, 0.6) is 0 Å². The molecule has 2 bridgehead atoms. The van der Waals surface area contributed by atoms with Crippen LogP contribution in [-0.2, 0) is 9.59 Å². The van der Waals surface area contributed by atoms with Crippen molar-refractivity contribution in [1.82, 2.24) is 5.32 Å². The van der Waals surface area contributed by atoms with Gasteiger partial charge in [-0.25, -0.2) is 0 Å². The van der Waals surface area contributed by atoms with Crippen LogP contribution in [0, 0.1) is 23.7 Å². The molecule has 2 N–H and O–H groups in total. The van der Waals surface area contributed by atoms with Gasteiger partial charge in [-0.3, -0.25) is 9.59 Å². The summed E-state index contributed by atoms with van der Waals surface area (Å²) < 4.78 is 0.168. The van der Waals surface area contributed by atoms with Gasteiger partial charge in [-0.1, -0.05) is 25.0 Å². The van der Waals surface area contributed by atoms with Crippen molar-refractivity contribution in [2.45, 2.75) is 36.9 Å². The van der Waals surface area contributed by atoms with Crippen molar-refractivity contribution in [2.75, 3.05) is 12.8 Å². The fourth-order valence-electron chi connectivity index (χ4n) is 4.35. The zero-order chi connectivity index (χ0) is 15.0. The van der Waals surface area contributed by atoms with Gasteiger partial charge in [-0.05, 0) is 37.4 Å². The standard InChI is InChI=1S/C16H23NO3S/c1-21-16(6-2-3-7-16)9-17-14(18)12-10-4-5-11(8-10)13(12)15(19)20/h4-5,10-13H,2-3,6-9H2,1H3,(H,17,18)(H,19,20)/t10?,11?,12-,13+/m0/s1. The minimum atomic E-state index is -0.826. The van der Waals surface area contributed by atoms with E-state index >= 15 is 0 Å². The summed E-state index contributed by atoms with van der Waals surface area (Å²) >= 11 is 1.84. The molecule has 0 aromatic rings. The average Bonchev–Trinajstić information content (AvgIpc) is 3.19. The number of carboxylic acid groups (broad SMARTS) is 1. The minimum Gasteiger partial charge on any atom is -0.481 e. The predicted molar refractivity (Wildman–Crippen MR) is 83.1 cm³/mol. The number of carbonyl (C=O) groups is 2. The Hall–Kier alpha value is -0.970. The molecule has 0 heterocycles. The third-order valence-electron chi connectivity index (χ3n) is 5.58. The van der Waals surface area contributed by atoms with Gasteiger partial charge in [0.05, 0.1) is 11.8 Å². The van der Waals surface area contributed by atoms with E-state index in [-0.39, 0.29) is 28.4 Å². The average molecular weight is 309 g/mol. The SMILES string of the molecule is CSC1(CNC(=O)[C@H]2C3C=CC(C3)[C@H]2C(=O)O)CCCC1. The van der Waals surface area contributed by atoms with Crippen molar-refractivity contribution in [2.24, 2.45) is 23.7 Å². The number of aliphatic carboxylic acids is 1. The lowest BCUT2D eigenvalue weighted by molar-refractivity contribution is -0.147. The number of thioether (sulfide) groups is 1. The highest BCUT2D eigenvalue weighted by atomic mass is 32.2. The molecule has 3 aliphatic carbocycles. The van der Waals surface area contributed by atoms with E-state index in [1.807, 2.05) is 23.9 Å². The van der Waals surface area contributed by atoms with Crippen LogP contribution in [0.4, 0.5) is 0 Å². The Bertz CT molecular complexity index is 470. The van der Waals surface area contributed by atoms with Gasteiger partial charge in [0.1, 0.15) is 0 Å². The number of allylic oxidation sites excluding steroid dienone is 2. The number of nitrogens with one attached hydrogen (secondary N) is 1. The van der Waals surface area contributed by atoms with Crippen LogP contribution in [0.15, 0.2) is 12.2 Å². The van der Waals surface area contributed by atoms with Gasteiger partial charge in [0.2, 0.25) is 5.91 Å². The molecule has 0 aromatic heterocycles. The Morgan fingerprint density at radius 1 is 1.24 bits per heavy atom. The molecule has 0 saturated heterocycles. The molecular formula is C16H23NO3S. The summed E-state index contributed by atoms with van der Waals surface area (Å²) in [4.78, 5) is 24.0. The first-order valence-corrected chi connectivity index (χ1v) is 9.03. The highest BCUT2D eigenvalue weighted by Crippen LogP contribution is 2.48. The molecule has 21 heavy (non-hydrogen) atoms. The van der Waals surface area contributed by atoms with E-state index in [1.54, 1.807) is 0 Å².